The monoisotopic (exact) mass is 268 g/mol. The first-order valence-electron chi connectivity index (χ1n) is 5.24. The SMILES string of the molecule is Cc1nc(CNCc2ccc(O)c(Cl)c2)cs1. The van der Waals surface area contributed by atoms with Crippen molar-refractivity contribution in [2.45, 2.75) is 20.0 Å². The molecular weight excluding hydrogens is 256 g/mol. The molecule has 90 valence electrons. The third-order valence-corrected chi connectivity index (χ3v) is 3.44. The highest BCUT2D eigenvalue weighted by Gasteiger charge is 2.01. The molecule has 2 N–H and O–H groups in total. The summed E-state index contributed by atoms with van der Waals surface area (Å²) in [5, 5.41) is 16.1. The minimum absolute atomic E-state index is 0.116. The van der Waals surface area contributed by atoms with Crippen molar-refractivity contribution >= 4 is 22.9 Å². The van der Waals surface area contributed by atoms with Gasteiger partial charge in [-0.1, -0.05) is 17.7 Å². The predicted molar refractivity (Wildman–Crippen MR) is 70.5 cm³/mol. The number of hydrogen-bond acceptors (Lipinski definition) is 4. The summed E-state index contributed by atoms with van der Waals surface area (Å²) in [5.41, 5.74) is 2.09. The van der Waals surface area contributed by atoms with Gasteiger partial charge in [0.2, 0.25) is 0 Å². The van der Waals surface area contributed by atoms with Gasteiger partial charge in [0, 0.05) is 18.5 Å². The molecule has 1 heterocycles. The quantitative estimate of drug-likeness (QED) is 0.896. The number of halogens is 1. The van der Waals surface area contributed by atoms with E-state index in [9.17, 15) is 5.11 Å². The van der Waals surface area contributed by atoms with Crippen LogP contribution in [0.15, 0.2) is 23.6 Å². The summed E-state index contributed by atoms with van der Waals surface area (Å²) in [4.78, 5) is 4.36. The molecule has 17 heavy (non-hydrogen) atoms. The maximum Gasteiger partial charge on any atom is 0.134 e. The highest BCUT2D eigenvalue weighted by molar-refractivity contribution is 7.09. The van der Waals surface area contributed by atoms with E-state index in [1.807, 2.05) is 18.4 Å². The zero-order valence-corrected chi connectivity index (χ0v) is 11.0. The first-order valence-corrected chi connectivity index (χ1v) is 6.50. The van der Waals surface area contributed by atoms with E-state index < -0.39 is 0 Å². The molecule has 0 aliphatic heterocycles. The van der Waals surface area contributed by atoms with Crippen molar-refractivity contribution in [3.63, 3.8) is 0 Å². The Morgan fingerprint density at radius 3 is 2.88 bits per heavy atom. The molecule has 1 aromatic carbocycles. The number of rotatable bonds is 4. The second-order valence-corrected chi connectivity index (χ2v) is 5.22. The Hall–Kier alpha value is -1.10. The van der Waals surface area contributed by atoms with E-state index in [2.05, 4.69) is 10.3 Å². The van der Waals surface area contributed by atoms with E-state index in [0.29, 0.717) is 11.6 Å². The first kappa shape index (κ1) is 12.4. The van der Waals surface area contributed by atoms with Crippen molar-refractivity contribution in [3.8, 4) is 5.75 Å². The summed E-state index contributed by atoms with van der Waals surface area (Å²) in [6.07, 6.45) is 0. The summed E-state index contributed by atoms with van der Waals surface area (Å²) in [7, 11) is 0. The molecule has 0 unspecified atom stereocenters. The second-order valence-electron chi connectivity index (χ2n) is 3.75. The van der Waals surface area contributed by atoms with E-state index in [-0.39, 0.29) is 5.75 Å². The van der Waals surface area contributed by atoms with Gasteiger partial charge < -0.3 is 10.4 Å². The summed E-state index contributed by atoms with van der Waals surface area (Å²) in [6, 6.07) is 5.21. The van der Waals surface area contributed by atoms with Gasteiger partial charge in [0.25, 0.3) is 0 Å². The van der Waals surface area contributed by atoms with Crippen LogP contribution in [0.4, 0.5) is 0 Å². The van der Waals surface area contributed by atoms with Gasteiger partial charge in [-0.15, -0.1) is 11.3 Å². The lowest BCUT2D eigenvalue weighted by atomic mass is 10.2. The van der Waals surface area contributed by atoms with Crippen molar-refractivity contribution < 1.29 is 5.11 Å². The van der Waals surface area contributed by atoms with E-state index >= 15 is 0 Å². The Morgan fingerprint density at radius 2 is 2.24 bits per heavy atom. The molecule has 0 saturated heterocycles. The molecule has 5 heteroatoms. The van der Waals surface area contributed by atoms with Crippen LogP contribution in [-0.2, 0) is 13.1 Å². The number of hydrogen-bond donors (Lipinski definition) is 2. The molecule has 2 aromatic rings. The molecule has 0 aliphatic rings. The standard InChI is InChI=1S/C12H13ClN2OS/c1-8-15-10(7-17-8)6-14-5-9-2-3-12(16)11(13)4-9/h2-4,7,14,16H,5-6H2,1H3. The van der Waals surface area contributed by atoms with Crippen molar-refractivity contribution in [2.75, 3.05) is 0 Å². The van der Waals surface area contributed by atoms with Gasteiger partial charge in [-0.05, 0) is 24.6 Å². The van der Waals surface area contributed by atoms with Crippen molar-refractivity contribution in [1.82, 2.24) is 10.3 Å². The third-order valence-electron chi connectivity index (χ3n) is 2.31. The summed E-state index contributed by atoms with van der Waals surface area (Å²) in [6.45, 7) is 3.44. The third kappa shape index (κ3) is 3.43. The highest BCUT2D eigenvalue weighted by atomic mass is 35.5. The van der Waals surface area contributed by atoms with Crippen LogP contribution < -0.4 is 5.32 Å². The Kier molecular flexibility index (Phi) is 3.99. The highest BCUT2D eigenvalue weighted by Crippen LogP contribution is 2.23. The van der Waals surface area contributed by atoms with Crippen molar-refractivity contribution in [1.29, 1.82) is 0 Å². The van der Waals surface area contributed by atoms with E-state index in [4.69, 9.17) is 11.6 Å². The fraction of sp³-hybridized carbons (Fsp3) is 0.250. The van der Waals surface area contributed by atoms with E-state index in [1.165, 1.54) is 0 Å². The number of nitrogens with one attached hydrogen (secondary N) is 1. The average Bonchev–Trinajstić information content (AvgIpc) is 2.70. The van der Waals surface area contributed by atoms with Crippen LogP contribution >= 0.6 is 22.9 Å². The molecule has 0 bridgehead atoms. The van der Waals surface area contributed by atoms with Gasteiger partial charge in [0.15, 0.2) is 0 Å². The van der Waals surface area contributed by atoms with Crippen LogP contribution in [0, 0.1) is 6.92 Å². The summed E-state index contributed by atoms with van der Waals surface area (Å²) >= 11 is 7.47. The predicted octanol–water partition coefficient (Wildman–Crippen LogP) is 3.10. The van der Waals surface area contributed by atoms with Crippen molar-refractivity contribution in [2.24, 2.45) is 0 Å². The van der Waals surface area contributed by atoms with Crippen LogP contribution in [0.5, 0.6) is 5.75 Å². The number of benzene rings is 1. The lowest BCUT2D eigenvalue weighted by Crippen LogP contribution is -2.12. The lowest BCUT2D eigenvalue weighted by molar-refractivity contribution is 0.475. The van der Waals surface area contributed by atoms with Crippen molar-refractivity contribution in [3.05, 3.63) is 44.9 Å². The summed E-state index contributed by atoms with van der Waals surface area (Å²) < 4.78 is 0. The maximum atomic E-state index is 9.29. The second kappa shape index (κ2) is 5.49. The molecular formula is C12H13ClN2OS. The molecule has 0 radical (unpaired) electrons. The smallest absolute Gasteiger partial charge is 0.134 e. The zero-order chi connectivity index (χ0) is 12.3. The van der Waals surface area contributed by atoms with Crippen LogP contribution in [0.1, 0.15) is 16.3 Å². The summed E-state index contributed by atoms with van der Waals surface area (Å²) in [5.74, 6) is 0.116. The number of aromatic hydroxyl groups is 1. The molecule has 0 atom stereocenters. The Balaban J connectivity index is 1.87. The largest absolute Gasteiger partial charge is 0.506 e. The Morgan fingerprint density at radius 1 is 1.41 bits per heavy atom. The maximum absolute atomic E-state index is 9.29. The van der Waals surface area contributed by atoms with Gasteiger partial charge in [-0.2, -0.15) is 0 Å². The van der Waals surface area contributed by atoms with Gasteiger partial charge in [-0.3, -0.25) is 0 Å². The normalized spacial score (nSPS) is 10.7. The fourth-order valence-electron chi connectivity index (χ4n) is 1.48. The number of aryl methyl sites for hydroxylation is 1. The van der Waals surface area contributed by atoms with Gasteiger partial charge >= 0.3 is 0 Å². The number of phenolic OH excluding ortho intramolecular Hbond substituents is 1. The molecule has 0 amide bonds. The van der Waals surface area contributed by atoms with Crippen LogP contribution in [0.2, 0.25) is 5.02 Å². The van der Waals surface area contributed by atoms with Crippen LogP contribution in [0.25, 0.3) is 0 Å². The van der Waals surface area contributed by atoms with E-state index in [1.54, 1.807) is 23.5 Å². The lowest BCUT2D eigenvalue weighted by Gasteiger charge is -2.04. The number of thiazole rings is 1. The molecule has 1 aromatic heterocycles. The molecule has 0 fully saturated rings. The topological polar surface area (TPSA) is 45.2 Å². The molecule has 0 spiro atoms. The average molecular weight is 269 g/mol. The zero-order valence-electron chi connectivity index (χ0n) is 9.40. The minimum atomic E-state index is 0.116. The number of nitrogens with zero attached hydrogens (tertiary/aromatic N) is 1. The number of aromatic nitrogens is 1. The molecule has 0 aliphatic carbocycles. The molecule has 0 saturated carbocycles. The Labute approximate surface area is 109 Å². The fourth-order valence-corrected chi connectivity index (χ4v) is 2.30. The van der Waals surface area contributed by atoms with Gasteiger partial charge in [0.05, 0.1) is 15.7 Å². The Bertz CT molecular complexity index is 513. The van der Waals surface area contributed by atoms with Gasteiger partial charge in [0.1, 0.15) is 5.75 Å². The van der Waals surface area contributed by atoms with E-state index in [0.717, 1.165) is 22.8 Å². The molecule has 2 rings (SSSR count). The minimum Gasteiger partial charge on any atom is -0.506 e. The van der Waals surface area contributed by atoms with Gasteiger partial charge in [-0.25, -0.2) is 4.98 Å². The number of phenols is 1. The first-order chi connectivity index (χ1) is 8.15. The van der Waals surface area contributed by atoms with Crippen LogP contribution in [0.3, 0.4) is 0 Å². The molecule has 3 nitrogen and oxygen atoms in total. The van der Waals surface area contributed by atoms with Crippen LogP contribution in [-0.4, -0.2) is 10.1 Å².